The van der Waals surface area contributed by atoms with E-state index in [1.165, 1.54) is 0 Å². The highest BCUT2D eigenvalue weighted by Crippen LogP contribution is 2.26. The maximum absolute atomic E-state index is 8.62. The molecule has 0 atom stereocenters. The lowest BCUT2D eigenvalue weighted by Gasteiger charge is -2.10. The molecule has 0 radical (unpaired) electrons. The summed E-state index contributed by atoms with van der Waals surface area (Å²) in [6.45, 7) is 2.00. The second kappa shape index (κ2) is 6.26. The second-order valence-electron chi connectivity index (χ2n) is 4.31. The van der Waals surface area contributed by atoms with Crippen molar-refractivity contribution in [1.29, 1.82) is 5.26 Å². The number of rotatable bonds is 4. The van der Waals surface area contributed by atoms with Gasteiger partial charge in [-0.15, -0.1) is 11.6 Å². The second-order valence-corrected chi connectivity index (χ2v) is 4.58. The quantitative estimate of drug-likeness (QED) is 0.762. The first-order valence-electron chi connectivity index (χ1n) is 6.02. The third kappa shape index (κ3) is 3.49. The van der Waals surface area contributed by atoms with Gasteiger partial charge < -0.3 is 4.74 Å². The van der Waals surface area contributed by atoms with E-state index in [0.29, 0.717) is 12.3 Å². The van der Waals surface area contributed by atoms with Crippen molar-refractivity contribution in [2.75, 3.05) is 0 Å². The zero-order chi connectivity index (χ0) is 13.7. The van der Waals surface area contributed by atoms with Crippen molar-refractivity contribution in [1.82, 2.24) is 0 Å². The molecule has 2 aromatic carbocycles. The SMILES string of the molecule is Cc1ccc(CCl)cc1Oc1ccc(CC#N)cc1. The highest BCUT2D eigenvalue weighted by atomic mass is 35.5. The number of nitrogens with zero attached hydrogens (tertiary/aromatic N) is 1. The summed E-state index contributed by atoms with van der Waals surface area (Å²) in [6.07, 6.45) is 0.418. The Hall–Kier alpha value is -1.98. The van der Waals surface area contributed by atoms with E-state index < -0.39 is 0 Å². The van der Waals surface area contributed by atoms with Crippen LogP contribution >= 0.6 is 11.6 Å². The molecule has 0 aromatic heterocycles. The van der Waals surface area contributed by atoms with Crippen LogP contribution in [0.2, 0.25) is 0 Å². The molecule has 0 spiro atoms. The Kier molecular flexibility index (Phi) is 4.43. The molecular weight excluding hydrogens is 258 g/mol. The van der Waals surface area contributed by atoms with Crippen LogP contribution in [0.3, 0.4) is 0 Å². The summed E-state index contributed by atoms with van der Waals surface area (Å²) in [7, 11) is 0. The van der Waals surface area contributed by atoms with Crippen molar-refractivity contribution in [2.24, 2.45) is 0 Å². The molecular formula is C16H14ClNO. The fourth-order valence-corrected chi connectivity index (χ4v) is 1.90. The van der Waals surface area contributed by atoms with Gasteiger partial charge in [-0.1, -0.05) is 24.3 Å². The number of nitriles is 1. The van der Waals surface area contributed by atoms with E-state index in [4.69, 9.17) is 21.6 Å². The number of hydrogen-bond donors (Lipinski definition) is 0. The lowest BCUT2D eigenvalue weighted by atomic mass is 10.1. The van der Waals surface area contributed by atoms with Crippen molar-refractivity contribution >= 4 is 11.6 Å². The van der Waals surface area contributed by atoms with Gasteiger partial charge in [0.15, 0.2) is 0 Å². The third-order valence-corrected chi connectivity index (χ3v) is 3.15. The van der Waals surface area contributed by atoms with Crippen molar-refractivity contribution in [2.45, 2.75) is 19.2 Å². The largest absolute Gasteiger partial charge is 0.457 e. The minimum Gasteiger partial charge on any atom is -0.457 e. The molecule has 0 N–H and O–H groups in total. The normalized spacial score (nSPS) is 9.95. The van der Waals surface area contributed by atoms with Crippen LogP contribution in [0.5, 0.6) is 11.5 Å². The number of hydrogen-bond acceptors (Lipinski definition) is 2. The Labute approximate surface area is 118 Å². The van der Waals surface area contributed by atoms with Gasteiger partial charge in [0.05, 0.1) is 12.5 Å². The van der Waals surface area contributed by atoms with Crippen LogP contribution in [0.1, 0.15) is 16.7 Å². The molecule has 0 aliphatic carbocycles. The fraction of sp³-hybridized carbons (Fsp3) is 0.188. The number of alkyl halides is 1. The van der Waals surface area contributed by atoms with Gasteiger partial charge in [0.1, 0.15) is 11.5 Å². The summed E-state index contributed by atoms with van der Waals surface area (Å²) in [4.78, 5) is 0. The summed E-state index contributed by atoms with van der Waals surface area (Å²) < 4.78 is 5.84. The summed E-state index contributed by atoms with van der Waals surface area (Å²) >= 11 is 5.82. The highest BCUT2D eigenvalue weighted by Gasteiger charge is 2.03. The van der Waals surface area contributed by atoms with Gasteiger partial charge in [-0.2, -0.15) is 5.26 Å². The minimum atomic E-state index is 0.418. The topological polar surface area (TPSA) is 33.0 Å². The maximum Gasteiger partial charge on any atom is 0.130 e. The lowest BCUT2D eigenvalue weighted by Crippen LogP contribution is -1.90. The van der Waals surface area contributed by atoms with Crippen LogP contribution in [0.25, 0.3) is 0 Å². The van der Waals surface area contributed by atoms with E-state index in [9.17, 15) is 0 Å². The molecule has 0 saturated carbocycles. The van der Waals surface area contributed by atoms with Crippen LogP contribution in [-0.2, 0) is 12.3 Å². The van der Waals surface area contributed by atoms with E-state index >= 15 is 0 Å². The van der Waals surface area contributed by atoms with Gasteiger partial charge in [0.25, 0.3) is 0 Å². The van der Waals surface area contributed by atoms with Crippen LogP contribution in [0.4, 0.5) is 0 Å². The molecule has 0 aliphatic heterocycles. The molecule has 96 valence electrons. The smallest absolute Gasteiger partial charge is 0.130 e. The molecule has 3 heteroatoms. The third-order valence-electron chi connectivity index (χ3n) is 2.84. The molecule has 2 nitrogen and oxygen atoms in total. The van der Waals surface area contributed by atoms with E-state index in [-0.39, 0.29) is 0 Å². The standard InChI is InChI=1S/C16H14ClNO/c1-12-2-3-14(11-17)10-16(12)19-15-6-4-13(5-7-15)8-9-18/h2-7,10H,8,11H2,1H3. The molecule has 0 saturated heterocycles. The number of benzene rings is 2. The van der Waals surface area contributed by atoms with Crippen molar-refractivity contribution in [3.8, 4) is 17.6 Å². The maximum atomic E-state index is 8.62. The first kappa shape index (κ1) is 13.5. The van der Waals surface area contributed by atoms with Gasteiger partial charge in [0.2, 0.25) is 0 Å². The number of halogens is 1. The average molecular weight is 272 g/mol. The fourth-order valence-electron chi connectivity index (χ4n) is 1.73. The Morgan fingerprint density at radius 3 is 2.42 bits per heavy atom. The molecule has 0 heterocycles. The molecule has 0 bridgehead atoms. The summed E-state index contributed by atoms with van der Waals surface area (Å²) in [5, 5.41) is 8.62. The summed E-state index contributed by atoms with van der Waals surface area (Å²) in [5.41, 5.74) is 3.08. The number of ether oxygens (including phenoxy) is 1. The average Bonchev–Trinajstić information content (AvgIpc) is 2.44. The van der Waals surface area contributed by atoms with Crippen LogP contribution in [0.15, 0.2) is 42.5 Å². The minimum absolute atomic E-state index is 0.418. The van der Waals surface area contributed by atoms with Crippen LogP contribution in [-0.4, -0.2) is 0 Å². The van der Waals surface area contributed by atoms with E-state index in [0.717, 1.165) is 28.2 Å². The summed E-state index contributed by atoms with van der Waals surface area (Å²) in [5.74, 6) is 2.04. The predicted molar refractivity (Wildman–Crippen MR) is 76.6 cm³/mol. The Morgan fingerprint density at radius 2 is 1.79 bits per heavy atom. The van der Waals surface area contributed by atoms with Crippen LogP contribution in [0, 0.1) is 18.3 Å². The monoisotopic (exact) mass is 271 g/mol. The van der Waals surface area contributed by atoms with E-state index in [1.54, 1.807) is 0 Å². The molecule has 2 rings (SSSR count). The lowest BCUT2D eigenvalue weighted by molar-refractivity contribution is 0.478. The van der Waals surface area contributed by atoms with Crippen LogP contribution < -0.4 is 4.74 Å². The molecule has 0 unspecified atom stereocenters. The van der Waals surface area contributed by atoms with Gasteiger partial charge in [-0.05, 0) is 41.8 Å². The first-order chi connectivity index (χ1) is 9.22. The van der Waals surface area contributed by atoms with Crippen molar-refractivity contribution in [3.63, 3.8) is 0 Å². The predicted octanol–water partition coefficient (Wildman–Crippen LogP) is 4.59. The van der Waals surface area contributed by atoms with Gasteiger partial charge >= 0.3 is 0 Å². The molecule has 0 aliphatic rings. The zero-order valence-electron chi connectivity index (χ0n) is 10.7. The van der Waals surface area contributed by atoms with E-state index in [2.05, 4.69) is 6.07 Å². The number of aryl methyl sites for hydroxylation is 1. The van der Waals surface area contributed by atoms with Gasteiger partial charge in [-0.3, -0.25) is 0 Å². The Morgan fingerprint density at radius 1 is 1.11 bits per heavy atom. The van der Waals surface area contributed by atoms with E-state index in [1.807, 2.05) is 49.4 Å². The van der Waals surface area contributed by atoms with Gasteiger partial charge in [0, 0.05) is 5.88 Å². The van der Waals surface area contributed by atoms with Gasteiger partial charge in [-0.25, -0.2) is 0 Å². The molecule has 0 amide bonds. The Balaban J connectivity index is 2.19. The first-order valence-corrected chi connectivity index (χ1v) is 6.55. The molecule has 0 fully saturated rings. The Bertz CT molecular complexity index is 599. The highest BCUT2D eigenvalue weighted by molar-refractivity contribution is 6.17. The van der Waals surface area contributed by atoms with Crippen molar-refractivity contribution < 1.29 is 4.74 Å². The van der Waals surface area contributed by atoms with Crippen molar-refractivity contribution in [3.05, 3.63) is 59.2 Å². The molecule has 19 heavy (non-hydrogen) atoms. The summed E-state index contributed by atoms with van der Waals surface area (Å²) in [6, 6.07) is 15.6. The zero-order valence-corrected chi connectivity index (χ0v) is 11.4. The molecule has 2 aromatic rings.